The van der Waals surface area contributed by atoms with Crippen LogP contribution in [0.1, 0.15) is 39.5 Å². The van der Waals surface area contributed by atoms with Crippen LogP contribution in [0.15, 0.2) is 23.8 Å². The van der Waals surface area contributed by atoms with Crippen molar-refractivity contribution in [3.63, 3.8) is 0 Å². The Morgan fingerprint density at radius 3 is 2.95 bits per heavy atom. The van der Waals surface area contributed by atoms with E-state index in [2.05, 4.69) is 36.6 Å². The number of rotatable bonds is 9. The van der Waals surface area contributed by atoms with Gasteiger partial charge in [-0.1, -0.05) is 26.8 Å². The lowest BCUT2D eigenvalue weighted by atomic mass is 9.90. The van der Waals surface area contributed by atoms with Gasteiger partial charge < -0.3 is 10.5 Å². The Kier molecular flexibility index (Phi) is 6.80. The van der Waals surface area contributed by atoms with Crippen LogP contribution in [0.2, 0.25) is 0 Å². The van der Waals surface area contributed by atoms with Crippen molar-refractivity contribution in [3.05, 3.63) is 18.8 Å². The van der Waals surface area contributed by atoms with E-state index < -0.39 is 5.60 Å². The normalized spacial score (nSPS) is 15.4. The van der Waals surface area contributed by atoms with Crippen LogP contribution in [0.4, 0.5) is 5.82 Å². The highest BCUT2D eigenvalue weighted by molar-refractivity contribution is 5.65. The van der Waals surface area contributed by atoms with E-state index in [1.165, 1.54) is 4.68 Å². The average molecular weight is 303 g/mol. The molecule has 0 fully saturated rings. The zero-order valence-corrected chi connectivity index (χ0v) is 13.6. The van der Waals surface area contributed by atoms with Crippen LogP contribution in [0.5, 0.6) is 0 Å². The summed E-state index contributed by atoms with van der Waals surface area (Å²) in [5.74, 6) is 1.19. The van der Waals surface area contributed by atoms with Gasteiger partial charge in [-0.25, -0.2) is 9.67 Å². The first kappa shape index (κ1) is 17.9. The van der Waals surface area contributed by atoms with Gasteiger partial charge in [-0.3, -0.25) is 0 Å². The van der Waals surface area contributed by atoms with Crippen LogP contribution < -0.4 is 5.73 Å². The molecule has 0 saturated heterocycles. The van der Waals surface area contributed by atoms with E-state index in [1.807, 2.05) is 6.21 Å². The van der Waals surface area contributed by atoms with Gasteiger partial charge >= 0.3 is 0 Å². The van der Waals surface area contributed by atoms with Crippen molar-refractivity contribution in [1.29, 1.82) is 5.26 Å². The van der Waals surface area contributed by atoms with Gasteiger partial charge in [0.15, 0.2) is 11.4 Å². The summed E-state index contributed by atoms with van der Waals surface area (Å²) in [5.41, 5.74) is 4.94. The molecule has 0 spiro atoms. The summed E-state index contributed by atoms with van der Waals surface area (Å²) in [6, 6.07) is 4.08. The number of methoxy groups -OCH3 is 1. The molecule has 120 valence electrons. The molecule has 2 atom stereocenters. The minimum Gasteiger partial charge on any atom is -0.384 e. The molecule has 0 amide bonds. The summed E-state index contributed by atoms with van der Waals surface area (Å²) in [6.45, 7) is 7.76. The van der Waals surface area contributed by atoms with Crippen LogP contribution in [0, 0.1) is 17.2 Å². The molecule has 0 aliphatic carbocycles. The standard InChI is InChI=1S/C16H25N5O/c1-5-8-16(12-17,22-4)9-6-13(2)11-19-15-7-10-20-21(15)14(3)18/h7,10-11,13H,3,5-6,8-9,18H2,1-2,4H3/b19-11+. The Morgan fingerprint density at radius 2 is 2.41 bits per heavy atom. The summed E-state index contributed by atoms with van der Waals surface area (Å²) in [6.07, 6.45) is 6.64. The fourth-order valence-electron chi connectivity index (χ4n) is 2.24. The molecule has 1 rings (SSSR count). The number of nitrogens with two attached hydrogens (primary N) is 1. The van der Waals surface area contributed by atoms with Gasteiger partial charge in [-0.05, 0) is 25.2 Å². The summed E-state index contributed by atoms with van der Waals surface area (Å²) < 4.78 is 6.91. The molecule has 2 unspecified atom stereocenters. The van der Waals surface area contributed by atoms with Crippen molar-refractivity contribution < 1.29 is 4.74 Å². The van der Waals surface area contributed by atoms with Gasteiger partial charge in [0.1, 0.15) is 5.82 Å². The lowest BCUT2D eigenvalue weighted by molar-refractivity contribution is 0.0209. The van der Waals surface area contributed by atoms with Gasteiger partial charge in [0, 0.05) is 19.4 Å². The number of nitriles is 1. The van der Waals surface area contributed by atoms with Crippen LogP contribution in [-0.4, -0.2) is 28.7 Å². The zero-order valence-electron chi connectivity index (χ0n) is 13.6. The molecule has 1 heterocycles. The van der Waals surface area contributed by atoms with Crippen LogP contribution >= 0.6 is 0 Å². The van der Waals surface area contributed by atoms with E-state index in [0.29, 0.717) is 18.1 Å². The van der Waals surface area contributed by atoms with Crippen molar-refractivity contribution in [3.8, 4) is 6.07 Å². The van der Waals surface area contributed by atoms with Crippen molar-refractivity contribution in [2.45, 2.75) is 45.1 Å². The highest BCUT2D eigenvalue weighted by Gasteiger charge is 2.28. The second kappa shape index (κ2) is 8.35. The smallest absolute Gasteiger partial charge is 0.156 e. The molecule has 2 N–H and O–H groups in total. The third-order valence-electron chi connectivity index (χ3n) is 3.61. The summed E-state index contributed by atoms with van der Waals surface area (Å²) in [7, 11) is 1.60. The highest BCUT2D eigenvalue weighted by atomic mass is 16.5. The van der Waals surface area contributed by atoms with Crippen LogP contribution in [0.3, 0.4) is 0 Å². The lowest BCUT2D eigenvalue weighted by Crippen LogP contribution is -2.29. The van der Waals surface area contributed by atoms with Gasteiger partial charge in [-0.15, -0.1) is 0 Å². The molecular weight excluding hydrogens is 278 g/mol. The lowest BCUT2D eigenvalue weighted by Gasteiger charge is -2.25. The Hall–Kier alpha value is -2.13. The fourth-order valence-corrected chi connectivity index (χ4v) is 2.24. The van der Waals surface area contributed by atoms with Gasteiger partial charge in [-0.2, -0.15) is 10.4 Å². The zero-order chi connectivity index (χ0) is 16.6. The van der Waals surface area contributed by atoms with E-state index in [4.69, 9.17) is 10.5 Å². The Morgan fingerprint density at radius 1 is 1.68 bits per heavy atom. The quantitative estimate of drug-likeness (QED) is 0.710. The number of nitrogens with zero attached hydrogens (tertiary/aromatic N) is 4. The molecule has 22 heavy (non-hydrogen) atoms. The molecule has 0 aromatic carbocycles. The number of aliphatic imine (C=N–C) groups is 1. The minimum absolute atomic E-state index is 0.217. The Labute approximate surface area is 132 Å². The van der Waals surface area contributed by atoms with E-state index in [-0.39, 0.29) is 5.92 Å². The fraction of sp³-hybridized carbons (Fsp3) is 0.562. The SMILES string of the molecule is C=C(N)n1nccc1/N=C/C(C)CCC(C#N)(CCC)OC. The first-order valence-electron chi connectivity index (χ1n) is 7.47. The van der Waals surface area contributed by atoms with Crippen molar-refractivity contribution in [1.82, 2.24) is 9.78 Å². The highest BCUT2D eigenvalue weighted by Crippen LogP contribution is 2.25. The van der Waals surface area contributed by atoms with E-state index in [9.17, 15) is 5.26 Å². The molecule has 0 aliphatic heterocycles. The Bertz CT molecular complexity index is 557. The maximum Gasteiger partial charge on any atom is 0.156 e. The molecule has 0 bridgehead atoms. The maximum atomic E-state index is 9.35. The summed E-state index contributed by atoms with van der Waals surface area (Å²) in [4.78, 5) is 4.40. The molecule has 6 heteroatoms. The number of ether oxygens (including phenoxy) is 1. The Balaban J connectivity index is 2.64. The second-order valence-electron chi connectivity index (χ2n) is 5.45. The first-order chi connectivity index (χ1) is 10.5. The topological polar surface area (TPSA) is 89.2 Å². The summed E-state index contributed by atoms with van der Waals surface area (Å²) >= 11 is 0. The van der Waals surface area contributed by atoms with E-state index >= 15 is 0 Å². The van der Waals surface area contributed by atoms with Crippen LogP contribution in [-0.2, 0) is 4.74 Å². The third-order valence-corrected chi connectivity index (χ3v) is 3.61. The minimum atomic E-state index is -0.690. The third kappa shape index (κ3) is 4.71. The van der Waals surface area contributed by atoms with Crippen molar-refractivity contribution in [2.75, 3.05) is 7.11 Å². The van der Waals surface area contributed by atoms with Crippen molar-refractivity contribution in [2.24, 2.45) is 16.6 Å². The molecule has 0 aliphatic rings. The predicted molar refractivity (Wildman–Crippen MR) is 88.6 cm³/mol. The molecular formula is C16H25N5O. The molecule has 0 saturated carbocycles. The van der Waals surface area contributed by atoms with E-state index in [0.717, 1.165) is 19.3 Å². The maximum absolute atomic E-state index is 9.35. The monoisotopic (exact) mass is 303 g/mol. The molecule has 0 radical (unpaired) electrons. The van der Waals surface area contributed by atoms with Crippen molar-refractivity contribution >= 4 is 17.9 Å². The number of hydrogen-bond acceptors (Lipinski definition) is 5. The number of aromatic nitrogens is 2. The molecule has 1 aromatic heterocycles. The largest absolute Gasteiger partial charge is 0.384 e. The second-order valence-corrected chi connectivity index (χ2v) is 5.45. The first-order valence-corrected chi connectivity index (χ1v) is 7.47. The summed E-state index contributed by atoms with van der Waals surface area (Å²) in [5, 5.41) is 13.4. The average Bonchev–Trinajstić information content (AvgIpc) is 2.98. The van der Waals surface area contributed by atoms with Crippen LogP contribution in [0.25, 0.3) is 5.82 Å². The molecule has 6 nitrogen and oxygen atoms in total. The van der Waals surface area contributed by atoms with Gasteiger partial charge in [0.2, 0.25) is 0 Å². The van der Waals surface area contributed by atoms with Gasteiger partial charge in [0.25, 0.3) is 0 Å². The number of hydrogen-bond donors (Lipinski definition) is 1. The van der Waals surface area contributed by atoms with E-state index in [1.54, 1.807) is 19.4 Å². The van der Waals surface area contributed by atoms with Gasteiger partial charge in [0.05, 0.1) is 12.3 Å². The predicted octanol–water partition coefficient (Wildman–Crippen LogP) is 3.10. The molecule has 1 aromatic rings.